The van der Waals surface area contributed by atoms with Gasteiger partial charge >= 0.3 is 12.2 Å². The Bertz CT molecular complexity index is 1630. The number of nitrogens with zero attached hydrogens (tertiary/aromatic N) is 14. The molecular weight excluding hydrogens is 716 g/mol. The van der Waals surface area contributed by atoms with E-state index in [1.165, 1.54) is 34.0 Å². The van der Waals surface area contributed by atoms with Gasteiger partial charge in [-0.25, -0.2) is 9.59 Å². The van der Waals surface area contributed by atoms with Gasteiger partial charge in [0.1, 0.15) is 38.8 Å². The van der Waals surface area contributed by atoms with Gasteiger partial charge in [-0.1, -0.05) is 40.8 Å². The number of hydrogen-bond donors (Lipinski definition) is 0. The van der Waals surface area contributed by atoms with E-state index in [-0.39, 0.29) is 78.8 Å². The minimum atomic E-state index is -0.678. The number of aromatic nitrogens is 6. The second kappa shape index (κ2) is 17.7. The molecule has 1 aromatic carbocycles. The smallest absolute Gasteiger partial charge is 0.410 e. The highest BCUT2D eigenvalue weighted by molar-refractivity contribution is 5.68. The first-order chi connectivity index (χ1) is 26.2. The van der Waals surface area contributed by atoms with Crippen molar-refractivity contribution in [2.75, 3.05) is 79.8 Å². The number of amides is 2. The van der Waals surface area contributed by atoms with Crippen LogP contribution in [0.4, 0.5) is 9.59 Å². The van der Waals surface area contributed by atoms with E-state index >= 15 is 0 Å². The van der Waals surface area contributed by atoms with Crippen molar-refractivity contribution >= 4 is 12.2 Å². The van der Waals surface area contributed by atoms with E-state index in [0.29, 0.717) is 34.4 Å². The molecule has 24 nitrogen and oxygen atoms in total. The number of piperazine rings is 2. The third kappa shape index (κ3) is 9.68. The molecule has 0 unspecified atom stereocenters. The van der Waals surface area contributed by atoms with Crippen LogP contribution in [0.25, 0.3) is 0 Å². The van der Waals surface area contributed by atoms with Crippen molar-refractivity contribution in [3.05, 3.63) is 70.1 Å². The van der Waals surface area contributed by atoms with Gasteiger partial charge in [0.05, 0.1) is 80.2 Å². The maximum absolute atomic E-state index is 12.7. The van der Waals surface area contributed by atoms with Gasteiger partial charge in [-0.05, 0) is 0 Å². The molecule has 3 aliphatic rings. The Morgan fingerprint density at radius 2 is 1.20 bits per heavy atom. The Morgan fingerprint density at radius 1 is 0.759 bits per heavy atom. The molecule has 0 radical (unpaired) electrons. The molecule has 0 atom stereocenters. The van der Waals surface area contributed by atoms with Crippen LogP contribution in [0, 0.1) is 15.8 Å². The molecule has 3 aliphatic heterocycles. The average Bonchev–Trinajstić information content (AvgIpc) is 3.85. The van der Waals surface area contributed by atoms with E-state index in [9.17, 15) is 20.0 Å². The van der Waals surface area contributed by atoms with Crippen molar-refractivity contribution in [3.8, 4) is 0 Å². The van der Waals surface area contributed by atoms with Crippen LogP contribution in [0.2, 0.25) is 0 Å². The third-order valence-corrected chi connectivity index (χ3v) is 8.82. The molecule has 3 fully saturated rings. The van der Waals surface area contributed by atoms with Gasteiger partial charge in [-0.15, -0.1) is 20.2 Å². The maximum Gasteiger partial charge on any atom is 0.410 e. The van der Waals surface area contributed by atoms with Crippen LogP contribution < -0.4 is 0 Å². The molecule has 0 saturated carbocycles. The first-order valence-corrected chi connectivity index (χ1v) is 17.1. The molecule has 24 heteroatoms. The lowest BCUT2D eigenvalue weighted by Gasteiger charge is -2.39. The average molecular weight is 759 g/mol. The number of benzene rings is 1. The van der Waals surface area contributed by atoms with E-state index in [1.54, 1.807) is 21.8 Å². The monoisotopic (exact) mass is 758 g/mol. The predicted molar refractivity (Wildman–Crippen MR) is 176 cm³/mol. The Balaban J connectivity index is 1.04. The van der Waals surface area contributed by atoms with E-state index in [0.717, 1.165) is 5.56 Å². The minimum Gasteiger partial charge on any atom is -0.569 e. The molecule has 54 heavy (non-hydrogen) atoms. The summed E-state index contributed by atoms with van der Waals surface area (Å²) in [5, 5.41) is 50.0. The summed E-state index contributed by atoms with van der Waals surface area (Å²) in [6.45, 7) is 3.12. The van der Waals surface area contributed by atoms with Gasteiger partial charge in [0.25, 0.3) is 0 Å². The van der Waals surface area contributed by atoms with E-state index in [2.05, 4.69) is 40.9 Å². The van der Waals surface area contributed by atoms with Gasteiger partial charge in [0.15, 0.2) is 6.29 Å². The topological polar surface area (TPSA) is 241 Å². The fourth-order valence-corrected chi connectivity index (χ4v) is 6.08. The molecule has 292 valence electrons. The van der Waals surface area contributed by atoms with Crippen LogP contribution in [-0.4, -0.2) is 152 Å². The lowest BCUT2D eigenvalue weighted by atomic mass is 9.88. The second-order valence-corrected chi connectivity index (χ2v) is 12.7. The number of hydrogen-bond acceptors (Lipinski definition) is 16. The molecule has 2 aromatic heterocycles. The van der Waals surface area contributed by atoms with Gasteiger partial charge in [0, 0.05) is 31.7 Å². The predicted octanol–water partition coefficient (Wildman–Crippen LogP) is 0.688. The summed E-state index contributed by atoms with van der Waals surface area (Å²) in [5.74, 6) is 0. The summed E-state index contributed by atoms with van der Waals surface area (Å²) >= 11 is 0. The minimum absolute atomic E-state index is 0.108. The summed E-state index contributed by atoms with van der Waals surface area (Å²) < 4.78 is 26.7. The first kappa shape index (κ1) is 37.7. The highest BCUT2D eigenvalue weighted by Crippen LogP contribution is 2.34. The molecule has 6 rings (SSSR count). The number of ether oxygens (including phenoxy) is 4. The zero-order valence-corrected chi connectivity index (χ0v) is 29.9. The van der Waals surface area contributed by atoms with Crippen LogP contribution in [0.5, 0.6) is 0 Å². The van der Waals surface area contributed by atoms with E-state index < -0.39 is 23.9 Å². The van der Waals surface area contributed by atoms with Gasteiger partial charge in [-0.3, -0.25) is 9.36 Å². The molecule has 0 spiro atoms. The van der Waals surface area contributed by atoms with Crippen LogP contribution >= 0.6 is 0 Å². The van der Waals surface area contributed by atoms with Crippen LogP contribution in [0.3, 0.4) is 0 Å². The zero-order valence-electron chi connectivity index (χ0n) is 29.9. The van der Waals surface area contributed by atoms with Gasteiger partial charge in [0.2, 0.25) is 10.6 Å². The zero-order chi connectivity index (χ0) is 37.9. The maximum atomic E-state index is 12.7. The standard InChI is InChI=1S/C30H42N14O10/c1-49-35-43(47)41-12-8-37(9-13-41)28(45)51-18-25-16-39(33-31-25)20-30(22-53-27(54-23-30)24-6-4-3-5-7-24)21-40-17-26(32-34-40)19-52-29(46)38-10-14-42(15-11-38)44(48)36-50-2/h3-7,16-17,27H,8-15,18-23H2,1-2H3/b43-35-,44-36-. The molecule has 3 aromatic rings. The summed E-state index contributed by atoms with van der Waals surface area (Å²) in [4.78, 5) is 38.1. The van der Waals surface area contributed by atoms with Crippen LogP contribution in [0.15, 0.2) is 53.3 Å². The molecule has 0 bridgehead atoms. The van der Waals surface area contributed by atoms with Crippen molar-refractivity contribution in [1.29, 1.82) is 0 Å². The fourth-order valence-electron chi connectivity index (χ4n) is 6.08. The van der Waals surface area contributed by atoms with Crippen LogP contribution in [-0.2, 0) is 54.9 Å². The molecule has 0 aliphatic carbocycles. The summed E-state index contributed by atoms with van der Waals surface area (Å²) in [6, 6.07) is 9.60. The lowest BCUT2D eigenvalue weighted by Crippen LogP contribution is -2.50. The molecular formula is C30H42N14O10. The SMILES string of the molecule is CO/N=[N+](\[O-])N1CCN(C(=O)OCc2cn(CC3(Cn4cc(COC(=O)N5CCN(/[N+]([O-])=N/OC)CC5)nn4)COC(c4ccccc4)OC3)nn2)CC1. The molecule has 3 saturated heterocycles. The Hall–Kier alpha value is -6.04. The van der Waals surface area contributed by atoms with Crippen molar-refractivity contribution in [2.24, 2.45) is 16.0 Å². The fraction of sp³-hybridized carbons (Fsp3) is 0.600. The second-order valence-electron chi connectivity index (χ2n) is 12.7. The molecule has 2 amide bonds. The highest BCUT2D eigenvalue weighted by atomic mass is 16.7. The Morgan fingerprint density at radius 3 is 1.63 bits per heavy atom. The van der Waals surface area contributed by atoms with Crippen molar-refractivity contribution < 1.29 is 48.2 Å². The number of carbonyl (C=O) groups excluding carboxylic acids is 2. The number of hydrazine groups is 2. The molecule has 5 heterocycles. The number of carbonyl (C=O) groups is 2. The first-order valence-electron chi connectivity index (χ1n) is 17.1. The van der Waals surface area contributed by atoms with E-state index in [4.69, 9.17) is 18.9 Å². The van der Waals surface area contributed by atoms with Crippen molar-refractivity contribution in [2.45, 2.75) is 32.6 Å². The van der Waals surface area contributed by atoms with Gasteiger partial charge in [-0.2, -0.15) is 0 Å². The normalized spacial score (nSPS) is 21.2. The van der Waals surface area contributed by atoms with Crippen LogP contribution in [0.1, 0.15) is 23.2 Å². The summed E-state index contributed by atoms with van der Waals surface area (Å²) in [7, 11) is 2.56. The van der Waals surface area contributed by atoms with Crippen molar-refractivity contribution in [1.82, 2.24) is 49.8 Å². The molecule has 0 N–H and O–H groups in total. The Kier molecular flexibility index (Phi) is 12.3. The third-order valence-electron chi connectivity index (χ3n) is 8.82. The number of rotatable bonds is 13. The van der Waals surface area contributed by atoms with E-state index in [1.807, 2.05) is 30.3 Å². The lowest BCUT2D eigenvalue weighted by molar-refractivity contribution is -0.712. The summed E-state index contributed by atoms with van der Waals surface area (Å²) in [5.41, 5.74) is 1.07. The highest BCUT2D eigenvalue weighted by Gasteiger charge is 2.40. The largest absolute Gasteiger partial charge is 0.569 e. The summed E-state index contributed by atoms with van der Waals surface area (Å²) in [6.07, 6.45) is 1.73. The Labute approximate surface area is 308 Å². The van der Waals surface area contributed by atoms with Crippen molar-refractivity contribution in [3.63, 3.8) is 0 Å². The quantitative estimate of drug-likeness (QED) is 0.132. The van der Waals surface area contributed by atoms with Gasteiger partial charge < -0.3 is 48.8 Å².